The van der Waals surface area contributed by atoms with Gasteiger partial charge in [-0.15, -0.1) is 11.3 Å². The number of hydrogen-bond acceptors (Lipinski definition) is 4. The zero-order valence-corrected chi connectivity index (χ0v) is 16.3. The van der Waals surface area contributed by atoms with E-state index in [0.29, 0.717) is 22.7 Å². The lowest BCUT2D eigenvalue weighted by atomic mass is 10.2. The number of carbonyl (C=O) groups is 1. The normalized spacial score (nSPS) is 11.6. The van der Waals surface area contributed by atoms with Crippen molar-refractivity contribution in [3.63, 3.8) is 0 Å². The molecule has 0 aliphatic rings. The van der Waals surface area contributed by atoms with Crippen molar-refractivity contribution < 1.29 is 18.0 Å². The van der Waals surface area contributed by atoms with Crippen molar-refractivity contribution in [2.24, 2.45) is 0 Å². The molecule has 1 aromatic carbocycles. The summed E-state index contributed by atoms with van der Waals surface area (Å²) in [6.07, 6.45) is 0.352. The maximum atomic E-state index is 12.7. The van der Waals surface area contributed by atoms with Crippen LogP contribution in [0.4, 0.5) is 18.9 Å². The minimum atomic E-state index is -4.48. The van der Waals surface area contributed by atoms with E-state index in [1.165, 1.54) is 22.2 Å². The van der Waals surface area contributed by atoms with E-state index in [2.05, 4.69) is 15.5 Å². The first-order chi connectivity index (χ1) is 14.4. The molecule has 3 heterocycles. The Balaban J connectivity index is 1.40. The van der Waals surface area contributed by atoms with Crippen LogP contribution < -0.4 is 5.32 Å². The molecule has 6 nitrogen and oxygen atoms in total. The molecule has 0 spiro atoms. The third-order valence-electron chi connectivity index (χ3n) is 4.24. The molecular formula is C20H16F3N5OS. The molecule has 0 bridgehead atoms. The molecule has 0 fully saturated rings. The second kappa shape index (κ2) is 8.15. The molecule has 0 aliphatic heterocycles. The summed E-state index contributed by atoms with van der Waals surface area (Å²) in [5.41, 5.74) is 1.41. The Bertz CT molecular complexity index is 1150. The smallest absolute Gasteiger partial charge is 0.321 e. The van der Waals surface area contributed by atoms with Crippen LogP contribution in [0, 0.1) is 0 Å². The van der Waals surface area contributed by atoms with Gasteiger partial charge in [-0.1, -0.05) is 12.1 Å². The first-order valence-electron chi connectivity index (χ1n) is 8.92. The average molecular weight is 431 g/mol. The Morgan fingerprint density at radius 3 is 2.60 bits per heavy atom. The highest BCUT2D eigenvalue weighted by Crippen LogP contribution is 2.27. The molecule has 30 heavy (non-hydrogen) atoms. The van der Waals surface area contributed by atoms with E-state index in [-0.39, 0.29) is 12.5 Å². The van der Waals surface area contributed by atoms with Gasteiger partial charge in [0.25, 0.3) is 5.91 Å². The Kier molecular flexibility index (Phi) is 5.40. The summed E-state index contributed by atoms with van der Waals surface area (Å²) >= 11 is 1.23. The van der Waals surface area contributed by atoms with Gasteiger partial charge in [-0.05, 0) is 46.8 Å². The Hall–Kier alpha value is -3.40. The van der Waals surface area contributed by atoms with Crippen LogP contribution in [0.1, 0.15) is 26.5 Å². The monoisotopic (exact) mass is 431 g/mol. The molecule has 1 N–H and O–H groups in total. The molecule has 3 aromatic heterocycles. The van der Waals surface area contributed by atoms with Crippen molar-refractivity contribution in [3.8, 4) is 0 Å². The lowest BCUT2D eigenvalue weighted by Crippen LogP contribution is -2.11. The van der Waals surface area contributed by atoms with Crippen LogP contribution in [0.15, 0.2) is 66.4 Å². The molecule has 154 valence electrons. The van der Waals surface area contributed by atoms with Crippen LogP contribution in [-0.2, 0) is 19.3 Å². The minimum Gasteiger partial charge on any atom is -0.321 e. The molecule has 0 radical (unpaired) electrons. The summed E-state index contributed by atoms with van der Waals surface area (Å²) in [6, 6.07) is 11.9. The van der Waals surface area contributed by atoms with Crippen molar-refractivity contribution >= 4 is 22.9 Å². The summed E-state index contributed by atoms with van der Waals surface area (Å²) in [6.45, 7) is 0.739. The van der Waals surface area contributed by atoms with Gasteiger partial charge in [-0.25, -0.2) is 0 Å². The van der Waals surface area contributed by atoms with Crippen LogP contribution in [0.2, 0.25) is 0 Å². The number of anilines is 1. The summed E-state index contributed by atoms with van der Waals surface area (Å²) in [5, 5.41) is 12.3. The van der Waals surface area contributed by atoms with Gasteiger partial charge in [-0.3, -0.25) is 14.2 Å². The van der Waals surface area contributed by atoms with Crippen molar-refractivity contribution in [3.05, 3.63) is 88.1 Å². The fraction of sp³-hybridized carbons (Fsp3) is 0.150. The van der Waals surface area contributed by atoms with Crippen molar-refractivity contribution in [2.45, 2.75) is 19.3 Å². The third-order valence-corrected chi connectivity index (χ3v) is 5.22. The zero-order chi connectivity index (χ0) is 21.1. The van der Waals surface area contributed by atoms with Gasteiger partial charge >= 0.3 is 6.18 Å². The van der Waals surface area contributed by atoms with E-state index in [4.69, 9.17) is 0 Å². The van der Waals surface area contributed by atoms with Crippen molar-refractivity contribution in [1.29, 1.82) is 0 Å². The van der Waals surface area contributed by atoms with Crippen LogP contribution in [0.3, 0.4) is 0 Å². The maximum absolute atomic E-state index is 12.7. The number of thiophene rings is 1. The van der Waals surface area contributed by atoms with Crippen molar-refractivity contribution in [1.82, 2.24) is 19.6 Å². The SMILES string of the molecule is O=C(Nc1cccc(Cn2cccn2)c1)c1cc(Cn2ccc(C(F)(F)F)n2)cs1. The van der Waals surface area contributed by atoms with Gasteiger partial charge in [-0.2, -0.15) is 23.4 Å². The topological polar surface area (TPSA) is 64.7 Å². The van der Waals surface area contributed by atoms with Gasteiger partial charge in [0.05, 0.1) is 18.0 Å². The Morgan fingerprint density at radius 1 is 1.03 bits per heavy atom. The fourth-order valence-corrected chi connectivity index (χ4v) is 3.69. The average Bonchev–Trinajstić information content (AvgIpc) is 3.43. The summed E-state index contributed by atoms with van der Waals surface area (Å²) in [5.74, 6) is -0.279. The molecule has 1 amide bonds. The first-order valence-corrected chi connectivity index (χ1v) is 9.80. The zero-order valence-electron chi connectivity index (χ0n) is 15.5. The van der Waals surface area contributed by atoms with Gasteiger partial charge in [0.1, 0.15) is 0 Å². The fourth-order valence-electron chi connectivity index (χ4n) is 2.89. The second-order valence-electron chi connectivity index (χ2n) is 6.57. The molecule has 4 rings (SSSR count). The number of nitrogens with one attached hydrogen (secondary N) is 1. The number of hydrogen-bond donors (Lipinski definition) is 1. The lowest BCUT2D eigenvalue weighted by Gasteiger charge is -2.07. The number of alkyl halides is 3. The van der Waals surface area contributed by atoms with Crippen LogP contribution in [-0.4, -0.2) is 25.5 Å². The molecule has 0 saturated carbocycles. The van der Waals surface area contributed by atoms with E-state index >= 15 is 0 Å². The molecule has 4 aromatic rings. The lowest BCUT2D eigenvalue weighted by molar-refractivity contribution is -0.141. The van der Waals surface area contributed by atoms with E-state index in [9.17, 15) is 18.0 Å². The van der Waals surface area contributed by atoms with E-state index in [0.717, 1.165) is 11.6 Å². The highest BCUT2D eigenvalue weighted by atomic mass is 32.1. The van der Waals surface area contributed by atoms with Crippen molar-refractivity contribution in [2.75, 3.05) is 5.32 Å². The van der Waals surface area contributed by atoms with E-state index in [1.807, 2.05) is 30.5 Å². The summed E-state index contributed by atoms with van der Waals surface area (Å²) in [4.78, 5) is 13.0. The minimum absolute atomic E-state index is 0.152. The number of halogens is 3. The van der Waals surface area contributed by atoms with Crippen LogP contribution in [0.25, 0.3) is 0 Å². The molecule has 0 atom stereocenters. The number of rotatable bonds is 6. The number of benzene rings is 1. The second-order valence-corrected chi connectivity index (χ2v) is 7.48. The highest BCUT2D eigenvalue weighted by molar-refractivity contribution is 7.12. The molecule has 10 heteroatoms. The van der Waals surface area contributed by atoms with Crippen LogP contribution >= 0.6 is 11.3 Å². The Morgan fingerprint density at radius 2 is 1.87 bits per heavy atom. The van der Waals surface area contributed by atoms with E-state index < -0.39 is 11.9 Å². The van der Waals surface area contributed by atoms with Gasteiger partial charge < -0.3 is 5.32 Å². The van der Waals surface area contributed by atoms with Gasteiger partial charge in [0.15, 0.2) is 5.69 Å². The largest absolute Gasteiger partial charge is 0.435 e. The molecular weight excluding hydrogens is 415 g/mol. The maximum Gasteiger partial charge on any atom is 0.435 e. The summed E-state index contributed by atoms with van der Waals surface area (Å²) in [7, 11) is 0. The number of nitrogens with zero attached hydrogens (tertiary/aromatic N) is 4. The number of amides is 1. The number of aromatic nitrogens is 4. The standard InChI is InChI=1S/C20H16F3N5OS/c21-20(22,23)18-5-8-28(26-18)12-15-10-17(30-13-15)19(29)25-16-4-1-3-14(9-16)11-27-7-2-6-24-27/h1-10,13H,11-12H2,(H,25,29). The molecule has 0 aliphatic carbocycles. The first kappa shape index (κ1) is 19.9. The molecule has 0 saturated heterocycles. The number of carbonyl (C=O) groups excluding carboxylic acids is 1. The third kappa shape index (κ3) is 4.77. The van der Waals surface area contributed by atoms with Crippen LogP contribution in [0.5, 0.6) is 0 Å². The highest BCUT2D eigenvalue weighted by Gasteiger charge is 2.33. The van der Waals surface area contributed by atoms with E-state index in [1.54, 1.807) is 28.4 Å². The predicted octanol–water partition coefficient (Wildman–Crippen LogP) is 4.51. The Labute approximate surface area is 173 Å². The molecule has 0 unspecified atom stereocenters. The quantitative estimate of drug-likeness (QED) is 0.489. The van der Waals surface area contributed by atoms with Gasteiger partial charge in [0.2, 0.25) is 0 Å². The summed E-state index contributed by atoms with van der Waals surface area (Å²) < 4.78 is 41.0. The predicted molar refractivity (Wildman–Crippen MR) is 106 cm³/mol. The van der Waals surface area contributed by atoms with Gasteiger partial charge in [0, 0.05) is 24.3 Å².